The standard InChI is InChI=1S/C13H16N2O4S/c1-8(14-9(2)16)11(17)15-12(13(18)19)20-10-6-4-3-5-7-10/h3-8,12H,1-2H3,(H,14,16)(H,15,17)(H,18,19)/t8-,12?/m0/s1. The van der Waals surface area contributed by atoms with Gasteiger partial charge in [0.05, 0.1) is 0 Å². The minimum atomic E-state index is -1.15. The summed E-state index contributed by atoms with van der Waals surface area (Å²) >= 11 is 1.02. The Morgan fingerprint density at radius 3 is 2.25 bits per heavy atom. The third kappa shape index (κ3) is 5.31. The van der Waals surface area contributed by atoms with Gasteiger partial charge < -0.3 is 15.7 Å². The molecule has 0 saturated heterocycles. The van der Waals surface area contributed by atoms with Crippen LogP contribution in [0.5, 0.6) is 0 Å². The Hall–Kier alpha value is -2.02. The van der Waals surface area contributed by atoms with Gasteiger partial charge in [0, 0.05) is 11.8 Å². The second-order valence-electron chi connectivity index (χ2n) is 4.08. The number of benzene rings is 1. The fourth-order valence-electron chi connectivity index (χ4n) is 1.40. The molecule has 0 aliphatic rings. The van der Waals surface area contributed by atoms with Gasteiger partial charge in [0.1, 0.15) is 6.04 Å². The molecule has 2 amide bonds. The van der Waals surface area contributed by atoms with E-state index in [0.29, 0.717) is 0 Å². The summed E-state index contributed by atoms with van der Waals surface area (Å²) in [5.41, 5.74) is 0. The zero-order valence-electron chi connectivity index (χ0n) is 11.1. The summed E-state index contributed by atoms with van der Waals surface area (Å²) in [5, 5.41) is 12.8. The van der Waals surface area contributed by atoms with Crippen LogP contribution in [0.15, 0.2) is 35.2 Å². The number of rotatable bonds is 6. The number of carboxylic acids is 1. The van der Waals surface area contributed by atoms with E-state index in [-0.39, 0.29) is 5.91 Å². The molecule has 1 aromatic rings. The molecule has 0 bridgehead atoms. The molecule has 6 nitrogen and oxygen atoms in total. The zero-order valence-corrected chi connectivity index (χ0v) is 11.9. The van der Waals surface area contributed by atoms with Gasteiger partial charge in [0.2, 0.25) is 11.8 Å². The van der Waals surface area contributed by atoms with Crippen molar-refractivity contribution in [1.29, 1.82) is 0 Å². The summed E-state index contributed by atoms with van der Waals surface area (Å²) in [6.45, 7) is 2.78. The smallest absolute Gasteiger partial charge is 0.337 e. The van der Waals surface area contributed by atoms with Gasteiger partial charge in [-0.1, -0.05) is 30.0 Å². The van der Waals surface area contributed by atoms with Gasteiger partial charge in [-0.05, 0) is 19.1 Å². The lowest BCUT2D eigenvalue weighted by atomic mass is 10.3. The molecule has 20 heavy (non-hydrogen) atoms. The topological polar surface area (TPSA) is 95.5 Å². The Kier molecular flexibility index (Phi) is 6.05. The van der Waals surface area contributed by atoms with Crippen molar-refractivity contribution < 1.29 is 19.5 Å². The number of thioether (sulfide) groups is 1. The van der Waals surface area contributed by atoms with Crippen molar-refractivity contribution in [3.8, 4) is 0 Å². The highest BCUT2D eigenvalue weighted by atomic mass is 32.2. The van der Waals surface area contributed by atoms with Crippen LogP contribution >= 0.6 is 11.8 Å². The predicted molar refractivity (Wildman–Crippen MR) is 75.1 cm³/mol. The normalized spacial score (nSPS) is 13.1. The average Bonchev–Trinajstić information content (AvgIpc) is 2.38. The van der Waals surface area contributed by atoms with Gasteiger partial charge in [-0.3, -0.25) is 9.59 Å². The molecule has 0 fully saturated rings. The van der Waals surface area contributed by atoms with Gasteiger partial charge >= 0.3 is 5.97 Å². The maximum absolute atomic E-state index is 11.8. The van der Waals surface area contributed by atoms with E-state index in [0.717, 1.165) is 16.7 Å². The summed E-state index contributed by atoms with van der Waals surface area (Å²) in [4.78, 5) is 34.5. The highest BCUT2D eigenvalue weighted by Crippen LogP contribution is 2.21. The Balaban J connectivity index is 2.66. The summed E-state index contributed by atoms with van der Waals surface area (Å²) in [7, 11) is 0. The molecule has 7 heteroatoms. The molecule has 108 valence electrons. The quantitative estimate of drug-likeness (QED) is 0.534. The minimum absolute atomic E-state index is 0.352. The maximum atomic E-state index is 11.8. The van der Waals surface area contributed by atoms with Crippen LogP contribution in [-0.2, 0) is 14.4 Å². The molecule has 0 radical (unpaired) electrons. The molecule has 0 aliphatic heterocycles. The molecule has 0 aromatic heterocycles. The Bertz CT molecular complexity index is 492. The lowest BCUT2D eigenvalue weighted by Crippen LogP contribution is -2.48. The van der Waals surface area contributed by atoms with Crippen molar-refractivity contribution in [3.63, 3.8) is 0 Å². The highest BCUT2D eigenvalue weighted by Gasteiger charge is 2.24. The van der Waals surface area contributed by atoms with Crippen molar-refractivity contribution in [3.05, 3.63) is 30.3 Å². The molecule has 1 rings (SSSR count). The molecular weight excluding hydrogens is 280 g/mol. The van der Waals surface area contributed by atoms with Gasteiger partial charge in [-0.2, -0.15) is 0 Å². The monoisotopic (exact) mass is 296 g/mol. The fourth-order valence-corrected chi connectivity index (χ4v) is 2.26. The third-order valence-electron chi connectivity index (χ3n) is 2.31. The van der Waals surface area contributed by atoms with Crippen LogP contribution in [0.25, 0.3) is 0 Å². The molecule has 0 aliphatic carbocycles. The Labute approximate surface area is 120 Å². The van der Waals surface area contributed by atoms with Gasteiger partial charge in [-0.25, -0.2) is 4.79 Å². The Morgan fingerprint density at radius 1 is 1.15 bits per heavy atom. The fraction of sp³-hybridized carbons (Fsp3) is 0.308. The largest absolute Gasteiger partial charge is 0.479 e. The number of hydrogen-bond donors (Lipinski definition) is 3. The first kappa shape index (κ1) is 16.0. The first-order chi connectivity index (χ1) is 9.40. The molecule has 0 saturated carbocycles. The molecule has 0 spiro atoms. The number of amides is 2. The lowest BCUT2D eigenvalue weighted by molar-refractivity contribution is -0.139. The number of aliphatic carboxylic acids is 1. The van der Waals surface area contributed by atoms with E-state index in [2.05, 4.69) is 10.6 Å². The van der Waals surface area contributed by atoms with E-state index in [1.807, 2.05) is 6.07 Å². The van der Waals surface area contributed by atoms with Crippen LogP contribution in [0.3, 0.4) is 0 Å². The van der Waals surface area contributed by atoms with Gasteiger partial charge in [0.15, 0.2) is 5.37 Å². The van der Waals surface area contributed by atoms with Crippen molar-refractivity contribution >= 4 is 29.5 Å². The van der Waals surface area contributed by atoms with Gasteiger partial charge in [0.25, 0.3) is 0 Å². The van der Waals surface area contributed by atoms with E-state index < -0.39 is 23.3 Å². The number of carbonyl (C=O) groups excluding carboxylic acids is 2. The zero-order chi connectivity index (χ0) is 15.1. The van der Waals surface area contributed by atoms with Crippen LogP contribution < -0.4 is 10.6 Å². The lowest BCUT2D eigenvalue weighted by Gasteiger charge is -2.17. The van der Waals surface area contributed by atoms with Crippen LogP contribution in [0.4, 0.5) is 0 Å². The highest BCUT2D eigenvalue weighted by molar-refractivity contribution is 8.00. The van der Waals surface area contributed by atoms with Crippen molar-refractivity contribution in [2.75, 3.05) is 0 Å². The van der Waals surface area contributed by atoms with E-state index in [1.54, 1.807) is 24.3 Å². The second kappa shape index (κ2) is 7.54. The van der Waals surface area contributed by atoms with Gasteiger partial charge in [-0.15, -0.1) is 0 Å². The van der Waals surface area contributed by atoms with Crippen LogP contribution in [0, 0.1) is 0 Å². The molecule has 2 atom stereocenters. The van der Waals surface area contributed by atoms with Crippen LogP contribution in [-0.4, -0.2) is 34.3 Å². The van der Waals surface area contributed by atoms with E-state index >= 15 is 0 Å². The van der Waals surface area contributed by atoms with E-state index in [4.69, 9.17) is 5.11 Å². The van der Waals surface area contributed by atoms with Crippen molar-refractivity contribution in [2.24, 2.45) is 0 Å². The number of carboxylic acid groups (broad SMARTS) is 1. The molecule has 1 unspecified atom stereocenters. The maximum Gasteiger partial charge on any atom is 0.337 e. The Morgan fingerprint density at radius 2 is 1.75 bits per heavy atom. The number of carbonyl (C=O) groups is 3. The van der Waals surface area contributed by atoms with Crippen molar-refractivity contribution in [1.82, 2.24) is 10.6 Å². The van der Waals surface area contributed by atoms with Crippen molar-refractivity contribution in [2.45, 2.75) is 30.2 Å². The van der Waals surface area contributed by atoms with Crippen LogP contribution in [0.2, 0.25) is 0 Å². The molecule has 3 N–H and O–H groups in total. The summed E-state index contributed by atoms with van der Waals surface area (Å²) in [5.74, 6) is -2.05. The van der Waals surface area contributed by atoms with E-state index in [1.165, 1.54) is 13.8 Å². The molecule has 0 heterocycles. The summed E-state index contributed by atoms with van der Waals surface area (Å²) in [6.07, 6.45) is 0. The SMILES string of the molecule is CC(=O)N[C@@H](C)C(=O)NC(Sc1ccccc1)C(=O)O. The first-order valence-corrected chi connectivity index (χ1v) is 6.80. The third-order valence-corrected chi connectivity index (χ3v) is 3.41. The first-order valence-electron chi connectivity index (χ1n) is 5.92. The number of nitrogens with one attached hydrogen (secondary N) is 2. The molecule has 1 aromatic carbocycles. The summed E-state index contributed by atoms with van der Waals surface area (Å²) in [6, 6.07) is 8.10. The second-order valence-corrected chi connectivity index (χ2v) is 5.26. The summed E-state index contributed by atoms with van der Waals surface area (Å²) < 4.78 is 0. The van der Waals surface area contributed by atoms with Crippen LogP contribution in [0.1, 0.15) is 13.8 Å². The minimum Gasteiger partial charge on any atom is -0.479 e. The molecular formula is C13H16N2O4S. The average molecular weight is 296 g/mol. The number of hydrogen-bond acceptors (Lipinski definition) is 4. The predicted octanol–water partition coefficient (Wildman–Crippen LogP) is 0.830. The van der Waals surface area contributed by atoms with E-state index in [9.17, 15) is 14.4 Å².